The molecule has 0 aliphatic carbocycles. The van der Waals surface area contributed by atoms with E-state index < -0.39 is 0 Å². The highest BCUT2D eigenvalue weighted by atomic mass is 16.2. The van der Waals surface area contributed by atoms with Crippen LogP contribution in [0.4, 0.5) is 5.69 Å². The van der Waals surface area contributed by atoms with Crippen LogP contribution in [-0.4, -0.2) is 25.2 Å². The van der Waals surface area contributed by atoms with Crippen LogP contribution in [0.1, 0.15) is 29.8 Å². The zero-order valence-corrected chi connectivity index (χ0v) is 15.1. The van der Waals surface area contributed by atoms with Gasteiger partial charge in [0.2, 0.25) is 0 Å². The maximum absolute atomic E-state index is 12.2. The minimum absolute atomic E-state index is 0.215. The van der Waals surface area contributed by atoms with Crippen molar-refractivity contribution in [3.05, 3.63) is 77.9 Å². The van der Waals surface area contributed by atoms with Crippen molar-refractivity contribution in [1.29, 1.82) is 0 Å². The number of hydrogen-bond donors (Lipinski definition) is 1. The number of amides is 1. The van der Waals surface area contributed by atoms with Gasteiger partial charge in [-0.25, -0.2) is 5.43 Å². The van der Waals surface area contributed by atoms with E-state index in [-0.39, 0.29) is 5.91 Å². The molecule has 0 saturated heterocycles. The molecule has 0 radical (unpaired) electrons. The number of nitrogens with one attached hydrogen (secondary N) is 1. The number of nitrogens with zero attached hydrogens (tertiary/aromatic N) is 2. The molecule has 1 N–H and O–H groups in total. The van der Waals surface area contributed by atoms with Gasteiger partial charge in [-0.15, -0.1) is 0 Å². The van der Waals surface area contributed by atoms with Gasteiger partial charge in [0.05, 0.1) is 6.21 Å². The summed E-state index contributed by atoms with van der Waals surface area (Å²) in [5.41, 5.74) is 5.25. The van der Waals surface area contributed by atoms with Crippen molar-refractivity contribution < 1.29 is 4.79 Å². The molecule has 0 atom stereocenters. The Morgan fingerprint density at radius 2 is 1.65 bits per heavy atom. The number of carbonyl (C=O) groups is 1. The van der Waals surface area contributed by atoms with Crippen molar-refractivity contribution in [2.75, 3.05) is 18.0 Å². The largest absolute Gasteiger partial charge is 0.372 e. The number of carbonyl (C=O) groups excluding carboxylic acids is 1. The topological polar surface area (TPSA) is 44.7 Å². The van der Waals surface area contributed by atoms with E-state index in [4.69, 9.17) is 0 Å². The Labute approximate surface area is 154 Å². The molecule has 1 amide bonds. The zero-order valence-electron chi connectivity index (χ0n) is 15.1. The highest BCUT2D eigenvalue weighted by Gasteiger charge is 2.06. The molecule has 3 rings (SSSR count). The van der Waals surface area contributed by atoms with Gasteiger partial charge in [-0.2, -0.15) is 5.10 Å². The molecule has 0 aliphatic rings. The van der Waals surface area contributed by atoms with Gasteiger partial charge in [0.25, 0.3) is 5.91 Å². The van der Waals surface area contributed by atoms with Gasteiger partial charge in [0, 0.05) is 24.3 Å². The van der Waals surface area contributed by atoms with Gasteiger partial charge in [-0.3, -0.25) is 4.79 Å². The molecule has 0 aliphatic heterocycles. The average molecular weight is 345 g/mol. The van der Waals surface area contributed by atoms with E-state index in [0.29, 0.717) is 5.56 Å². The summed E-state index contributed by atoms with van der Waals surface area (Å²) in [6.45, 7) is 6.12. The lowest BCUT2D eigenvalue weighted by Gasteiger charge is -2.20. The van der Waals surface area contributed by atoms with E-state index in [1.165, 1.54) is 5.39 Å². The monoisotopic (exact) mass is 345 g/mol. The number of rotatable bonds is 6. The number of hydrogen-bond acceptors (Lipinski definition) is 3. The van der Waals surface area contributed by atoms with Crippen LogP contribution < -0.4 is 10.3 Å². The number of hydrazone groups is 1. The summed E-state index contributed by atoms with van der Waals surface area (Å²) in [4.78, 5) is 14.5. The van der Waals surface area contributed by atoms with Gasteiger partial charge in [-0.1, -0.05) is 36.4 Å². The lowest BCUT2D eigenvalue weighted by Crippen LogP contribution is -2.22. The van der Waals surface area contributed by atoms with Crippen LogP contribution in [0.3, 0.4) is 0 Å². The normalized spacial score (nSPS) is 11.0. The Hall–Kier alpha value is -3.14. The first-order valence-electron chi connectivity index (χ1n) is 8.88. The number of anilines is 1. The maximum Gasteiger partial charge on any atom is 0.271 e. The van der Waals surface area contributed by atoms with Crippen LogP contribution in [0.5, 0.6) is 0 Å². The fourth-order valence-electron chi connectivity index (χ4n) is 2.93. The summed E-state index contributed by atoms with van der Waals surface area (Å²) in [6, 6.07) is 21.8. The van der Waals surface area contributed by atoms with E-state index in [9.17, 15) is 4.79 Å². The van der Waals surface area contributed by atoms with Crippen LogP contribution in [0.15, 0.2) is 71.8 Å². The van der Waals surface area contributed by atoms with Gasteiger partial charge < -0.3 is 4.90 Å². The second-order valence-corrected chi connectivity index (χ2v) is 6.02. The Morgan fingerprint density at radius 3 is 2.35 bits per heavy atom. The maximum atomic E-state index is 12.2. The van der Waals surface area contributed by atoms with Crippen LogP contribution in [0.2, 0.25) is 0 Å². The highest BCUT2D eigenvalue weighted by molar-refractivity contribution is 5.95. The van der Waals surface area contributed by atoms with Crippen LogP contribution in [0.25, 0.3) is 10.8 Å². The third-order valence-electron chi connectivity index (χ3n) is 4.41. The fraction of sp³-hybridized carbons (Fsp3) is 0.182. The molecule has 3 aromatic carbocycles. The Morgan fingerprint density at radius 1 is 0.962 bits per heavy atom. The quantitative estimate of drug-likeness (QED) is 0.530. The lowest BCUT2D eigenvalue weighted by molar-refractivity contribution is 0.0955. The van der Waals surface area contributed by atoms with Gasteiger partial charge in [-0.05, 0) is 60.5 Å². The SMILES string of the molecule is CCN(CC)c1ccc(C(=O)N/N=C\c2ccc3ccccc3c2)cc1. The molecule has 3 aromatic rings. The van der Waals surface area contributed by atoms with Crippen molar-refractivity contribution in [3.8, 4) is 0 Å². The van der Waals surface area contributed by atoms with Gasteiger partial charge in [0.15, 0.2) is 0 Å². The second-order valence-electron chi connectivity index (χ2n) is 6.02. The Kier molecular flexibility index (Phi) is 5.64. The van der Waals surface area contributed by atoms with E-state index in [1.54, 1.807) is 6.21 Å². The molecule has 0 unspecified atom stereocenters. The molecule has 26 heavy (non-hydrogen) atoms. The van der Waals surface area contributed by atoms with Gasteiger partial charge >= 0.3 is 0 Å². The van der Waals surface area contributed by atoms with Gasteiger partial charge in [0.1, 0.15) is 0 Å². The van der Waals surface area contributed by atoms with Crippen molar-refractivity contribution in [1.82, 2.24) is 5.43 Å². The summed E-state index contributed by atoms with van der Waals surface area (Å²) >= 11 is 0. The first-order chi connectivity index (χ1) is 12.7. The number of fused-ring (bicyclic) bond motifs is 1. The molecular formula is C22H23N3O. The summed E-state index contributed by atoms with van der Waals surface area (Å²) in [5.74, 6) is -0.215. The third-order valence-corrected chi connectivity index (χ3v) is 4.41. The Balaban J connectivity index is 1.64. The van der Waals surface area contributed by atoms with E-state index >= 15 is 0 Å². The smallest absolute Gasteiger partial charge is 0.271 e. The van der Waals surface area contributed by atoms with Crippen LogP contribution in [0, 0.1) is 0 Å². The minimum atomic E-state index is -0.215. The Bertz CT molecular complexity index is 912. The van der Waals surface area contributed by atoms with Crippen molar-refractivity contribution in [3.63, 3.8) is 0 Å². The first-order valence-corrected chi connectivity index (χ1v) is 8.88. The van der Waals surface area contributed by atoms with E-state index in [0.717, 1.165) is 29.7 Å². The highest BCUT2D eigenvalue weighted by Crippen LogP contribution is 2.15. The van der Waals surface area contributed by atoms with E-state index in [1.807, 2.05) is 54.6 Å². The third kappa shape index (κ3) is 4.09. The fourth-order valence-corrected chi connectivity index (χ4v) is 2.93. The van der Waals surface area contributed by atoms with Crippen LogP contribution >= 0.6 is 0 Å². The average Bonchev–Trinajstić information content (AvgIpc) is 2.69. The summed E-state index contributed by atoms with van der Waals surface area (Å²) in [7, 11) is 0. The summed E-state index contributed by atoms with van der Waals surface area (Å²) < 4.78 is 0. The zero-order chi connectivity index (χ0) is 18.4. The molecule has 0 aromatic heterocycles. The molecular weight excluding hydrogens is 322 g/mol. The molecule has 0 heterocycles. The van der Waals surface area contributed by atoms with Crippen molar-refractivity contribution >= 4 is 28.6 Å². The molecule has 0 spiro atoms. The van der Waals surface area contributed by atoms with E-state index in [2.05, 4.69) is 41.4 Å². The molecule has 132 valence electrons. The van der Waals surface area contributed by atoms with Crippen LogP contribution in [-0.2, 0) is 0 Å². The number of benzene rings is 3. The molecule has 4 nitrogen and oxygen atoms in total. The minimum Gasteiger partial charge on any atom is -0.372 e. The lowest BCUT2D eigenvalue weighted by atomic mass is 10.1. The standard InChI is InChI=1S/C22H23N3O/c1-3-25(4-2)21-13-11-19(12-14-21)22(26)24-23-16-17-9-10-18-7-5-6-8-20(18)15-17/h5-16H,3-4H2,1-2H3,(H,24,26)/b23-16-. The summed E-state index contributed by atoms with van der Waals surface area (Å²) in [6.07, 6.45) is 1.66. The first kappa shape index (κ1) is 17.7. The second kappa shape index (κ2) is 8.30. The predicted molar refractivity (Wildman–Crippen MR) is 109 cm³/mol. The molecule has 0 fully saturated rings. The molecule has 0 saturated carbocycles. The predicted octanol–water partition coefficient (Wildman–Crippen LogP) is 4.45. The molecule has 4 heteroatoms. The van der Waals surface area contributed by atoms with Crippen molar-refractivity contribution in [2.45, 2.75) is 13.8 Å². The molecule has 0 bridgehead atoms. The van der Waals surface area contributed by atoms with Crippen molar-refractivity contribution in [2.24, 2.45) is 5.10 Å². The summed E-state index contributed by atoms with van der Waals surface area (Å²) in [5, 5.41) is 6.41.